The van der Waals surface area contributed by atoms with Crippen LogP contribution in [0.4, 0.5) is 13.2 Å². The van der Waals surface area contributed by atoms with Gasteiger partial charge >= 0.3 is 6.36 Å². The van der Waals surface area contributed by atoms with Crippen LogP contribution in [0.25, 0.3) is 10.8 Å². The molecule has 34 heavy (non-hydrogen) atoms. The van der Waals surface area contributed by atoms with Crippen molar-refractivity contribution in [1.29, 1.82) is 0 Å². The Morgan fingerprint density at radius 1 is 1.03 bits per heavy atom. The number of nitrogens with zero attached hydrogens (tertiary/aromatic N) is 2. The van der Waals surface area contributed by atoms with Crippen LogP contribution in [0, 0.1) is 0 Å². The van der Waals surface area contributed by atoms with Crippen LogP contribution < -0.4 is 14.8 Å². The smallest absolute Gasteiger partial charge is 0.491 e. The third kappa shape index (κ3) is 4.00. The second-order valence-electron chi connectivity index (χ2n) is 7.78. The highest BCUT2D eigenvalue weighted by Gasteiger charge is 2.43. The van der Waals surface area contributed by atoms with Crippen LogP contribution in [-0.4, -0.2) is 28.8 Å². The molecule has 5 rings (SSSR count). The van der Waals surface area contributed by atoms with Crippen LogP contribution in [-0.2, 0) is 5.54 Å². The molecule has 0 aliphatic carbocycles. The number of pyridine rings is 2. The van der Waals surface area contributed by atoms with Gasteiger partial charge in [0, 0.05) is 36.0 Å². The van der Waals surface area contributed by atoms with Gasteiger partial charge in [0.05, 0.1) is 6.61 Å². The second kappa shape index (κ2) is 8.33. The molecule has 2 aromatic carbocycles. The topological polar surface area (TPSA) is 73.3 Å². The number of benzene rings is 2. The van der Waals surface area contributed by atoms with Gasteiger partial charge in [-0.15, -0.1) is 13.2 Å². The number of aromatic nitrogens is 2. The zero-order valence-corrected chi connectivity index (χ0v) is 17.7. The number of halogens is 3. The molecule has 1 atom stereocenters. The van der Waals surface area contributed by atoms with E-state index in [0.29, 0.717) is 29.0 Å². The maximum Gasteiger partial charge on any atom is 0.573 e. The summed E-state index contributed by atoms with van der Waals surface area (Å²) < 4.78 is 47.7. The molecule has 6 nitrogen and oxygen atoms in total. The van der Waals surface area contributed by atoms with E-state index in [1.165, 1.54) is 24.3 Å². The maximum absolute atomic E-state index is 13.6. The highest BCUT2D eigenvalue weighted by molar-refractivity contribution is 6.07. The van der Waals surface area contributed by atoms with Gasteiger partial charge in [-0.05, 0) is 47.3 Å². The average Bonchev–Trinajstić information content (AvgIpc) is 2.83. The highest BCUT2D eigenvalue weighted by atomic mass is 19.4. The molecule has 9 heteroatoms. The monoisotopic (exact) mass is 465 g/mol. The summed E-state index contributed by atoms with van der Waals surface area (Å²) >= 11 is 0. The molecule has 1 aliphatic heterocycles. The van der Waals surface area contributed by atoms with Crippen molar-refractivity contribution in [2.24, 2.45) is 0 Å². The number of hydrogen-bond acceptors (Lipinski definition) is 5. The van der Waals surface area contributed by atoms with Crippen molar-refractivity contribution in [3.05, 3.63) is 96.1 Å². The number of fused-ring (bicyclic) bond motifs is 2. The maximum atomic E-state index is 13.6. The molecule has 0 saturated carbocycles. The lowest BCUT2D eigenvalue weighted by Crippen LogP contribution is -2.50. The SMILES string of the molecule is O=C(N[C@]1(c2ccc(OC(F)(F)F)cc2)CCOc2cccnc21)c1cccc2cnccc12. The predicted octanol–water partition coefficient (Wildman–Crippen LogP) is 4.98. The Bertz CT molecular complexity index is 1350. The van der Waals surface area contributed by atoms with Gasteiger partial charge in [-0.2, -0.15) is 0 Å². The molecule has 0 saturated heterocycles. The molecule has 0 bridgehead atoms. The molecule has 172 valence electrons. The van der Waals surface area contributed by atoms with Gasteiger partial charge < -0.3 is 14.8 Å². The number of alkyl halides is 3. The standard InChI is InChI=1S/C25H18F3N3O3/c26-25(27,28)34-18-8-6-17(7-9-18)24(11-14-33-21-5-2-12-30-22(21)24)31-23(32)20-4-1-3-16-15-29-13-10-19(16)20/h1-10,12-13,15H,11,14H2,(H,31,32)/t24-/m0/s1. The van der Waals surface area contributed by atoms with E-state index in [1.807, 2.05) is 6.07 Å². The minimum absolute atomic E-state index is 0.277. The molecule has 1 N–H and O–H groups in total. The number of hydrogen-bond donors (Lipinski definition) is 1. The number of amides is 1. The van der Waals surface area contributed by atoms with Crippen LogP contribution in [0.1, 0.15) is 28.0 Å². The number of rotatable bonds is 4. The number of nitrogens with one attached hydrogen (secondary N) is 1. The fourth-order valence-corrected chi connectivity index (χ4v) is 4.26. The summed E-state index contributed by atoms with van der Waals surface area (Å²) in [5.41, 5.74) is 0.347. The molecule has 0 spiro atoms. The molecule has 0 fully saturated rings. The lowest BCUT2D eigenvalue weighted by atomic mass is 9.81. The first kappa shape index (κ1) is 21.7. The third-order valence-electron chi connectivity index (χ3n) is 5.74. The quantitative estimate of drug-likeness (QED) is 0.460. The molecule has 1 amide bonds. The van der Waals surface area contributed by atoms with Crippen molar-refractivity contribution in [1.82, 2.24) is 15.3 Å². The van der Waals surface area contributed by atoms with E-state index >= 15 is 0 Å². The van der Waals surface area contributed by atoms with Crippen molar-refractivity contribution in [3.8, 4) is 11.5 Å². The molecule has 1 aliphatic rings. The van der Waals surface area contributed by atoms with E-state index in [0.717, 1.165) is 10.8 Å². The van der Waals surface area contributed by atoms with Gasteiger partial charge in [0.15, 0.2) is 0 Å². The Kier molecular flexibility index (Phi) is 5.31. The van der Waals surface area contributed by atoms with Gasteiger partial charge in [0.25, 0.3) is 5.91 Å². The molecular formula is C25H18F3N3O3. The summed E-state index contributed by atoms with van der Waals surface area (Å²) in [6.07, 6.45) is 0.392. The summed E-state index contributed by atoms with van der Waals surface area (Å²) in [6.45, 7) is 0.277. The largest absolute Gasteiger partial charge is 0.573 e. The molecule has 3 heterocycles. The fourth-order valence-electron chi connectivity index (χ4n) is 4.26. The van der Waals surface area contributed by atoms with Gasteiger partial charge in [-0.1, -0.05) is 24.3 Å². The van der Waals surface area contributed by atoms with Crippen molar-refractivity contribution >= 4 is 16.7 Å². The molecule has 0 radical (unpaired) electrons. The minimum atomic E-state index is -4.80. The zero-order valence-electron chi connectivity index (χ0n) is 17.7. The Morgan fingerprint density at radius 3 is 2.65 bits per heavy atom. The number of carbonyl (C=O) groups excluding carboxylic acids is 1. The van der Waals surface area contributed by atoms with Gasteiger partial charge in [-0.3, -0.25) is 14.8 Å². The minimum Gasteiger partial charge on any atom is -0.491 e. The Balaban J connectivity index is 1.60. The first-order valence-corrected chi connectivity index (χ1v) is 10.5. The van der Waals surface area contributed by atoms with E-state index in [4.69, 9.17) is 4.74 Å². The highest BCUT2D eigenvalue weighted by Crippen LogP contribution is 2.41. The van der Waals surface area contributed by atoms with Crippen LogP contribution in [0.5, 0.6) is 11.5 Å². The van der Waals surface area contributed by atoms with E-state index < -0.39 is 11.9 Å². The van der Waals surface area contributed by atoms with Crippen molar-refractivity contribution in [2.75, 3.05) is 6.61 Å². The van der Waals surface area contributed by atoms with Crippen molar-refractivity contribution in [2.45, 2.75) is 18.3 Å². The number of carbonyl (C=O) groups is 1. The van der Waals surface area contributed by atoms with Crippen LogP contribution in [0.3, 0.4) is 0 Å². The second-order valence-corrected chi connectivity index (χ2v) is 7.78. The van der Waals surface area contributed by atoms with Crippen molar-refractivity contribution in [3.63, 3.8) is 0 Å². The third-order valence-corrected chi connectivity index (χ3v) is 5.74. The lowest BCUT2D eigenvalue weighted by molar-refractivity contribution is -0.274. The summed E-state index contributed by atoms with van der Waals surface area (Å²) in [6, 6.07) is 16.0. The van der Waals surface area contributed by atoms with Gasteiger partial charge in [-0.25, -0.2) is 0 Å². The lowest BCUT2D eigenvalue weighted by Gasteiger charge is -2.39. The van der Waals surface area contributed by atoms with E-state index in [1.54, 1.807) is 48.9 Å². The first-order valence-electron chi connectivity index (χ1n) is 10.5. The van der Waals surface area contributed by atoms with Crippen LogP contribution in [0.15, 0.2) is 79.3 Å². The summed E-state index contributed by atoms with van der Waals surface area (Å²) in [4.78, 5) is 22.2. The van der Waals surface area contributed by atoms with Crippen molar-refractivity contribution < 1.29 is 27.4 Å². The summed E-state index contributed by atoms with van der Waals surface area (Å²) in [7, 11) is 0. The molecular weight excluding hydrogens is 447 g/mol. The molecule has 2 aromatic heterocycles. The predicted molar refractivity (Wildman–Crippen MR) is 117 cm³/mol. The van der Waals surface area contributed by atoms with Gasteiger partial charge in [0.2, 0.25) is 0 Å². The molecule has 4 aromatic rings. The fraction of sp³-hybridized carbons (Fsp3) is 0.160. The average molecular weight is 465 g/mol. The van der Waals surface area contributed by atoms with E-state index in [-0.39, 0.29) is 18.3 Å². The zero-order chi connectivity index (χ0) is 23.8. The van der Waals surface area contributed by atoms with Crippen LogP contribution >= 0.6 is 0 Å². The van der Waals surface area contributed by atoms with E-state index in [2.05, 4.69) is 20.0 Å². The first-order chi connectivity index (χ1) is 16.4. The summed E-state index contributed by atoms with van der Waals surface area (Å²) in [5, 5.41) is 4.65. The van der Waals surface area contributed by atoms with Crippen LogP contribution in [0.2, 0.25) is 0 Å². The Hall–Kier alpha value is -4.14. The number of ether oxygens (including phenoxy) is 2. The Morgan fingerprint density at radius 2 is 1.85 bits per heavy atom. The summed E-state index contributed by atoms with van der Waals surface area (Å²) in [5.74, 6) is -0.217. The Labute approximate surface area is 192 Å². The normalized spacial score (nSPS) is 17.5. The van der Waals surface area contributed by atoms with Gasteiger partial charge in [0.1, 0.15) is 22.7 Å². The van der Waals surface area contributed by atoms with E-state index in [9.17, 15) is 18.0 Å². The molecule has 0 unspecified atom stereocenters.